The molecule has 3 atom stereocenters. The van der Waals surface area contributed by atoms with Gasteiger partial charge in [0.2, 0.25) is 5.91 Å². The van der Waals surface area contributed by atoms with Crippen LogP contribution in [-0.4, -0.2) is 35.6 Å². The molecule has 0 radical (unpaired) electrons. The average molecular weight is 391 g/mol. The molecule has 6 nitrogen and oxygen atoms in total. The molecule has 0 bridgehead atoms. The lowest BCUT2D eigenvalue weighted by atomic mass is 9.82. The smallest absolute Gasteiger partial charge is 0.219 e. The van der Waals surface area contributed by atoms with Crippen molar-refractivity contribution in [3.8, 4) is 0 Å². The lowest BCUT2D eigenvalue weighted by Crippen LogP contribution is -2.53. The zero-order valence-electron chi connectivity index (χ0n) is 16.4. The lowest BCUT2D eigenvalue weighted by Gasteiger charge is -2.35. The van der Waals surface area contributed by atoms with Crippen molar-refractivity contribution in [1.82, 2.24) is 5.32 Å². The highest BCUT2D eigenvalue weighted by atomic mass is 16.2. The van der Waals surface area contributed by atoms with Gasteiger partial charge in [0.05, 0.1) is 5.56 Å². The van der Waals surface area contributed by atoms with E-state index < -0.39 is 0 Å². The Morgan fingerprint density at radius 1 is 1.00 bits per heavy atom. The van der Waals surface area contributed by atoms with Crippen LogP contribution in [0.2, 0.25) is 0 Å². The van der Waals surface area contributed by atoms with Crippen LogP contribution in [-0.2, 0) is 4.79 Å². The van der Waals surface area contributed by atoms with E-state index in [4.69, 9.17) is 5.73 Å². The van der Waals surface area contributed by atoms with Crippen molar-refractivity contribution in [3.05, 3.63) is 64.7 Å². The van der Waals surface area contributed by atoms with E-state index in [2.05, 4.69) is 10.6 Å². The first-order valence-electron chi connectivity index (χ1n) is 10.1. The predicted molar refractivity (Wildman–Crippen MR) is 111 cm³/mol. The van der Waals surface area contributed by atoms with Gasteiger partial charge in [0.15, 0.2) is 11.6 Å². The summed E-state index contributed by atoms with van der Waals surface area (Å²) in [5.41, 5.74) is 8.75. The number of amides is 1. The number of ketones is 2. The molecule has 0 heterocycles. The molecule has 0 aliphatic heterocycles. The van der Waals surface area contributed by atoms with E-state index in [1.165, 1.54) is 0 Å². The standard InChI is InChI=1S/C23H25N3O3/c1-2-20(27)26-18-11-10-13(12-17(18)24)25-19-9-5-8-16-21(19)23(29)15-7-4-3-6-14(15)22(16)28/h3-9,13,17-18,25H,2,10-12,24H2,1H3,(H,26,27)/t13?,17-,18?/m0/s1. The van der Waals surface area contributed by atoms with Gasteiger partial charge in [-0.15, -0.1) is 0 Å². The third-order valence-corrected chi connectivity index (χ3v) is 5.88. The highest BCUT2D eigenvalue weighted by molar-refractivity contribution is 6.30. The Morgan fingerprint density at radius 3 is 2.38 bits per heavy atom. The van der Waals surface area contributed by atoms with Crippen molar-refractivity contribution in [2.45, 2.75) is 50.7 Å². The van der Waals surface area contributed by atoms with Gasteiger partial charge in [-0.25, -0.2) is 0 Å². The Morgan fingerprint density at radius 2 is 1.69 bits per heavy atom. The maximum atomic E-state index is 13.1. The zero-order chi connectivity index (χ0) is 20.5. The van der Waals surface area contributed by atoms with Crippen molar-refractivity contribution >= 4 is 23.2 Å². The molecule has 0 aromatic heterocycles. The van der Waals surface area contributed by atoms with Crippen LogP contribution in [0.25, 0.3) is 0 Å². The topological polar surface area (TPSA) is 101 Å². The number of carbonyl (C=O) groups excluding carboxylic acids is 3. The zero-order valence-corrected chi connectivity index (χ0v) is 16.4. The SMILES string of the molecule is CCC(=O)NC1CCC(Nc2cccc3c2C(=O)c2ccccc2C3=O)C[C@@H]1N. The first-order chi connectivity index (χ1) is 14.0. The molecular weight excluding hydrogens is 366 g/mol. The molecule has 2 aromatic carbocycles. The Bertz CT molecular complexity index is 985. The molecule has 4 rings (SSSR count). The van der Waals surface area contributed by atoms with Crippen LogP contribution in [0.15, 0.2) is 42.5 Å². The summed E-state index contributed by atoms with van der Waals surface area (Å²) in [5, 5.41) is 6.43. The average Bonchev–Trinajstić information content (AvgIpc) is 2.73. The van der Waals surface area contributed by atoms with E-state index >= 15 is 0 Å². The lowest BCUT2D eigenvalue weighted by molar-refractivity contribution is -0.121. The fourth-order valence-corrected chi connectivity index (χ4v) is 4.31. The summed E-state index contributed by atoms with van der Waals surface area (Å²) >= 11 is 0. The fraction of sp³-hybridized carbons (Fsp3) is 0.348. The molecule has 150 valence electrons. The number of rotatable bonds is 4. The summed E-state index contributed by atoms with van der Waals surface area (Å²) in [7, 11) is 0. The van der Waals surface area contributed by atoms with Crippen LogP contribution >= 0.6 is 0 Å². The van der Waals surface area contributed by atoms with Gasteiger partial charge in [-0.05, 0) is 25.3 Å². The quantitative estimate of drug-likeness (QED) is 0.635. The van der Waals surface area contributed by atoms with Crippen LogP contribution in [0.3, 0.4) is 0 Å². The second-order valence-corrected chi connectivity index (χ2v) is 7.78. The van der Waals surface area contributed by atoms with E-state index in [1.807, 2.05) is 13.0 Å². The summed E-state index contributed by atoms with van der Waals surface area (Å²) < 4.78 is 0. The Hall–Kier alpha value is -2.99. The number of hydrogen-bond acceptors (Lipinski definition) is 5. The number of benzene rings is 2. The van der Waals surface area contributed by atoms with Crippen LogP contribution < -0.4 is 16.4 Å². The molecule has 6 heteroatoms. The molecule has 1 fully saturated rings. The minimum Gasteiger partial charge on any atom is -0.382 e. The van der Waals surface area contributed by atoms with Crippen molar-refractivity contribution in [2.24, 2.45) is 5.73 Å². The normalized spacial score (nSPS) is 23.2. The summed E-state index contributed by atoms with van der Waals surface area (Å²) in [6.07, 6.45) is 2.72. The van der Waals surface area contributed by atoms with Crippen LogP contribution in [0.4, 0.5) is 5.69 Å². The van der Waals surface area contributed by atoms with Gasteiger partial charge < -0.3 is 16.4 Å². The summed E-state index contributed by atoms with van der Waals surface area (Å²) in [4.78, 5) is 37.7. The van der Waals surface area contributed by atoms with Gasteiger partial charge >= 0.3 is 0 Å². The molecule has 2 aromatic rings. The highest BCUT2D eigenvalue weighted by Crippen LogP contribution is 2.33. The molecule has 1 saturated carbocycles. The molecule has 2 aliphatic rings. The van der Waals surface area contributed by atoms with Crippen molar-refractivity contribution in [1.29, 1.82) is 0 Å². The number of carbonyl (C=O) groups is 3. The Kier molecular flexibility index (Phi) is 5.20. The van der Waals surface area contributed by atoms with Crippen LogP contribution in [0.1, 0.15) is 64.4 Å². The molecule has 0 saturated heterocycles. The molecule has 4 N–H and O–H groups in total. The van der Waals surface area contributed by atoms with Crippen LogP contribution in [0, 0.1) is 0 Å². The van der Waals surface area contributed by atoms with E-state index in [0.717, 1.165) is 12.8 Å². The van der Waals surface area contributed by atoms with E-state index in [-0.39, 0.29) is 35.6 Å². The molecule has 1 amide bonds. The van der Waals surface area contributed by atoms with Gasteiger partial charge in [0.1, 0.15) is 0 Å². The largest absolute Gasteiger partial charge is 0.382 e. The number of nitrogens with two attached hydrogens (primary N) is 1. The molecule has 29 heavy (non-hydrogen) atoms. The van der Waals surface area contributed by atoms with Crippen molar-refractivity contribution in [3.63, 3.8) is 0 Å². The second-order valence-electron chi connectivity index (χ2n) is 7.78. The van der Waals surface area contributed by atoms with Gasteiger partial charge in [-0.2, -0.15) is 0 Å². The maximum absolute atomic E-state index is 13.1. The van der Waals surface area contributed by atoms with Gasteiger partial charge in [0.25, 0.3) is 0 Å². The minimum absolute atomic E-state index is 0.0109. The Balaban J connectivity index is 1.55. The predicted octanol–water partition coefficient (Wildman–Crippen LogP) is 2.65. The fourth-order valence-electron chi connectivity index (χ4n) is 4.31. The van der Waals surface area contributed by atoms with Crippen molar-refractivity contribution < 1.29 is 14.4 Å². The second kappa shape index (κ2) is 7.79. The maximum Gasteiger partial charge on any atom is 0.219 e. The summed E-state index contributed by atoms with van der Waals surface area (Å²) in [6, 6.07) is 12.2. The van der Waals surface area contributed by atoms with Crippen molar-refractivity contribution in [2.75, 3.05) is 5.32 Å². The van der Waals surface area contributed by atoms with E-state index in [0.29, 0.717) is 40.8 Å². The van der Waals surface area contributed by atoms with Gasteiger partial charge in [0, 0.05) is 46.9 Å². The van der Waals surface area contributed by atoms with Gasteiger partial charge in [-0.1, -0.05) is 43.3 Å². The number of fused-ring (bicyclic) bond motifs is 2. The minimum atomic E-state index is -0.158. The Labute approximate surface area is 169 Å². The summed E-state index contributed by atoms with van der Waals surface area (Å²) in [6.45, 7) is 1.82. The number of nitrogens with one attached hydrogen (secondary N) is 2. The third-order valence-electron chi connectivity index (χ3n) is 5.88. The molecule has 0 spiro atoms. The number of anilines is 1. The molecule has 2 aliphatic carbocycles. The number of hydrogen-bond donors (Lipinski definition) is 3. The van der Waals surface area contributed by atoms with E-state index in [9.17, 15) is 14.4 Å². The summed E-state index contributed by atoms with van der Waals surface area (Å²) in [5.74, 6) is -0.246. The van der Waals surface area contributed by atoms with Gasteiger partial charge in [-0.3, -0.25) is 14.4 Å². The monoisotopic (exact) mass is 391 g/mol. The first kappa shape index (κ1) is 19.3. The molecular formula is C23H25N3O3. The van der Waals surface area contributed by atoms with Crippen LogP contribution in [0.5, 0.6) is 0 Å². The highest BCUT2D eigenvalue weighted by Gasteiger charge is 2.33. The van der Waals surface area contributed by atoms with E-state index in [1.54, 1.807) is 36.4 Å². The first-order valence-corrected chi connectivity index (χ1v) is 10.1. The third kappa shape index (κ3) is 3.56. The molecule has 2 unspecified atom stereocenters.